The summed E-state index contributed by atoms with van der Waals surface area (Å²) in [6.45, 7) is 9.81. The van der Waals surface area contributed by atoms with Gasteiger partial charge in [0.25, 0.3) is 0 Å². The Morgan fingerprint density at radius 1 is 1.24 bits per heavy atom. The maximum absolute atomic E-state index is 11.3. The van der Waals surface area contributed by atoms with Crippen LogP contribution in [0, 0.1) is 11.3 Å². The average Bonchev–Trinajstić information content (AvgIpc) is 2.08. The minimum Gasteiger partial charge on any atom is -0.481 e. The van der Waals surface area contributed by atoms with Gasteiger partial charge in [0, 0.05) is 12.6 Å². The maximum atomic E-state index is 11.3. The van der Waals surface area contributed by atoms with E-state index >= 15 is 0 Å². The molecular weight excluding hydrogens is 220 g/mol. The Balaban J connectivity index is 4.19. The van der Waals surface area contributed by atoms with Gasteiger partial charge in [0.2, 0.25) is 0 Å². The highest BCUT2D eigenvalue weighted by atomic mass is 16.4. The Kier molecular flexibility index (Phi) is 5.99. The van der Waals surface area contributed by atoms with Crippen LogP contribution in [0.1, 0.15) is 41.0 Å². The van der Waals surface area contributed by atoms with E-state index in [0.717, 1.165) is 0 Å². The standard InChI is InChI=1S/C12H24N2O3/c1-8(2)14-11(17)13-7-9(10(15)16)6-12(3,4)5/h8-9H,6-7H2,1-5H3,(H,15,16)(H2,13,14,17). The maximum Gasteiger partial charge on any atom is 0.315 e. The monoisotopic (exact) mass is 244 g/mol. The van der Waals surface area contributed by atoms with Crippen molar-refractivity contribution < 1.29 is 14.7 Å². The number of hydrogen-bond donors (Lipinski definition) is 3. The molecule has 0 radical (unpaired) electrons. The van der Waals surface area contributed by atoms with E-state index in [-0.39, 0.29) is 24.0 Å². The van der Waals surface area contributed by atoms with E-state index in [9.17, 15) is 9.59 Å². The summed E-state index contributed by atoms with van der Waals surface area (Å²) >= 11 is 0. The molecule has 0 saturated heterocycles. The Morgan fingerprint density at radius 3 is 2.12 bits per heavy atom. The van der Waals surface area contributed by atoms with Gasteiger partial charge in [0.15, 0.2) is 0 Å². The van der Waals surface area contributed by atoms with E-state index in [4.69, 9.17) is 5.11 Å². The molecule has 0 saturated carbocycles. The van der Waals surface area contributed by atoms with Gasteiger partial charge in [-0.05, 0) is 25.7 Å². The first-order valence-corrected chi connectivity index (χ1v) is 5.89. The number of carboxylic acids is 1. The molecule has 0 aliphatic carbocycles. The van der Waals surface area contributed by atoms with Crippen LogP contribution in [-0.2, 0) is 4.79 Å². The quantitative estimate of drug-likeness (QED) is 0.690. The predicted octanol–water partition coefficient (Wildman–Crippen LogP) is 1.83. The largest absolute Gasteiger partial charge is 0.481 e. The highest BCUT2D eigenvalue weighted by Gasteiger charge is 2.24. The summed E-state index contributed by atoms with van der Waals surface area (Å²) in [7, 11) is 0. The zero-order chi connectivity index (χ0) is 13.6. The normalized spacial score (nSPS) is 13.3. The summed E-state index contributed by atoms with van der Waals surface area (Å²) in [6.07, 6.45) is 0.532. The molecule has 0 aliphatic rings. The number of urea groups is 1. The summed E-state index contributed by atoms with van der Waals surface area (Å²) in [5, 5.41) is 14.3. The van der Waals surface area contributed by atoms with Crippen LogP contribution >= 0.6 is 0 Å². The molecule has 5 heteroatoms. The topological polar surface area (TPSA) is 78.4 Å². The first kappa shape index (κ1) is 15.7. The number of aliphatic carboxylic acids is 1. The van der Waals surface area contributed by atoms with Crippen LogP contribution < -0.4 is 10.6 Å². The molecule has 1 atom stereocenters. The molecule has 3 N–H and O–H groups in total. The molecule has 0 fully saturated rings. The van der Waals surface area contributed by atoms with Gasteiger partial charge < -0.3 is 15.7 Å². The average molecular weight is 244 g/mol. The Morgan fingerprint density at radius 2 is 1.76 bits per heavy atom. The second kappa shape index (κ2) is 6.47. The Labute approximate surface area is 103 Å². The third-order valence-electron chi connectivity index (χ3n) is 2.14. The summed E-state index contributed by atoms with van der Waals surface area (Å²) in [6, 6.07) is -0.277. The minimum absolute atomic E-state index is 0.0425. The second-order valence-electron chi connectivity index (χ2n) is 5.81. The summed E-state index contributed by atoms with van der Waals surface area (Å²) in [5.41, 5.74) is -0.0702. The number of carboxylic acid groups (broad SMARTS) is 1. The SMILES string of the molecule is CC(C)NC(=O)NCC(CC(C)(C)C)C(=O)O. The van der Waals surface area contributed by atoms with Gasteiger partial charge in [0.1, 0.15) is 0 Å². The van der Waals surface area contributed by atoms with Crippen molar-refractivity contribution in [3.63, 3.8) is 0 Å². The summed E-state index contributed by atoms with van der Waals surface area (Å²) in [5.74, 6) is -1.42. The predicted molar refractivity (Wildman–Crippen MR) is 66.9 cm³/mol. The van der Waals surface area contributed by atoms with Crippen LogP contribution in [0.25, 0.3) is 0 Å². The molecule has 0 heterocycles. The molecule has 0 spiro atoms. The van der Waals surface area contributed by atoms with Crippen molar-refractivity contribution >= 4 is 12.0 Å². The minimum atomic E-state index is -0.871. The highest BCUT2D eigenvalue weighted by Crippen LogP contribution is 2.24. The molecule has 0 rings (SSSR count). The lowest BCUT2D eigenvalue weighted by Crippen LogP contribution is -2.43. The molecule has 0 aromatic carbocycles. The second-order valence-corrected chi connectivity index (χ2v) is 5.81. The zero-order valence-electron chi connectivity index (χ0n) is 11.3. The van der Waals surface area contributed by atoms with Crippen molar-refractivity contribution in [3.05, 3.63) is 0 Å². The van der Waals surface area contributed by atoms with Gasteiger partial charge in [-0.2, -0.15) is 0 Å². The molecule has 17 heavy (non-hydrogen) atoms. The van der Waals surface area contributed by atoms with E-state index < -0.39 is 11.9 Å². The molecule has 1 unspecified atom stereocenters. The molecular formula is C12H24N2O3. The van der Waals surface area contributed by atoms with Crippen molar-refractivity contribution in [3.8, 4) is 0 Å². The van der Waals surface area contributed by atoms with Crippen LogP contribution in [0.15, 0.2) is 0 Å². The van der Waals surface area contributed by atoms with Crippen LogP contribution in [0.2, 0.25) is 0 Å². The fraction of sp³-hybridized carbons (Fsp3) is 0.833. The van der Waals surface area contributed by atoms with Crippen LogP contribution in [0.4, 0.5) is 4.79 Å². The summed E-state index contributed by atoms with van der Waals surface area (Å²) in [4.78, 5) is 22.4. The fourth-order valence-electron chi connectivity index (χ4n) is 1.52. The molecule has 100 valence electrons. The van der Waals surface area contributed by atoms with Gasteiger partial charge in [-0.25, -0.2) is 4.79 Å². The van der Waals surface area contributed by atoms with Gasteiger partial charge in [0.05, 0.1) is 5.92 Å². The number of hydrogen-bond acceptors (Lipinski definition) is 2. The zero-order valence-corrected chi connectivity index (χ0v) is 11.3. The fourth-order valence-corrected chi connectivity index (χ4v) is 1.52. The van der Waals surface area contributed by atoms with Crippen molar-refractivity contribution in [2.24, 2.45) is 11.3 Å². The Hall–Kier alpha value is -1.26. The first-order chi connectivity index (χ1) is 7.61. The van der Waals surface area contributed by atoms with E-state index in [1.54, 1.807) is 0 Å². The van der Waals surface area contributed by atoms with Gasteiger partial charge in [-0.3, -0.25) is 4.79 Å². The lowest BCUT2D eigenvalue weighted by Gasteiger charge is -2.23. The van der Waals surface area contributed by atoms with Gasteiger partial charge in [-0.1, -0.05) is 20.8 Å². The van der Waals surface area contributed by atoms with Crippen LogP contribution in [-0.4, -0.2) is 29.7 Å². The molecule has 5 nitrogen and oxygen atoms in total. The first-order valence-electron chi connectivity index (χ1n) is 5.89. The molecule has 2 amide bonds. The molecule has 0 bridgehead atoms. The van der Waals surface area contributed by atoms with E-state index in [1.165, 1.54) is 0 Å². The van der Waals surface area contributed by atoms with Crippen molar-refractivity contribution in [1.82, 2.24) is 10.6 Å². The van der Waals surface area contributed by atoms with Crippen molar-refractivity contribution in [1.29, 1.82) is 0 Å². The third-order valence-corrected chi connectivity index (χ3v) is 2.14. The summed E-state index contributed by atoms with van der Waals surface area (Å²) < 4.78 is 0. The number of amides is 2. The number of rotatable bonds is 5. The molecule has 0 aromatic heterocycles. The van der Waals surface area contributed by atoms with Crippen LogP contribution in [0.5, 0.6) is 0 Å². The van der Waals surface area contributed by atoms with Crippen LogP contribution in [0.3, 0.4) is 0 Å². The van der Waals surface area contributed by atoms with E-state index in [2.05, 4.69) is 10.6 Å². The smallest absolute Gasteiger partial charge is 0.315 e. The van der Waals surface area contributed by atoms with E-state index in [0.29, 0.717) is 6.42 Å². The van der Waals surface area contributed by atoms with Crippen molar-refractivity contribution in [2.75, 3.05) is 6.54 Å². The lowest BCUT2D eigenvalue weighted by atomic mass is 9.84. The number of carbonyl (C=O) groups is 2. The number of carbonyl (C=O) groups excluding carboxylic acids is 1. The van der Waals surface area contributed by atoms with Gasteiger partial charge in [-0.15, -0.1) is 0 Å². The van der Waals surface area contributed by atoms with Crippen molar-refractivity contribution in [2.45, 2.75) is 47.1 Å². The Bertz CT molecular complexity index is 269. The molecule has 0 aliphatic heterocycles. The number of nitrogens with one attached hydrogen (secondary N) is 2. The lowest BCUT2D eigenvalue weighted by molar-refractivity contribution is -0.142. The van der Waals surface area contributed by atoms with Gasteiger partial charge >= 0.3 is 12.0 Å². The highest BCUT2D eigenvalue weighted by molar-refractivity contribution is 5.76. The molecule has 0 aromatic rings. The third kappa shape index (κ3) is 8.54. The van der Waals surface area contributed by atoms with E-state index in [1.807, 2.05) is 34.6 Å².